The molecule has 0 unspecified atom stereocenters. The first kappa shape index (κ1) is 11.9. The second-order valence-corrected chi connectivity index (χ2v) is 4.38. The van der Waals surface area contributed by atoms with Crippen LogP contribution in [-0.2, 0) is 0 Å². The van der Waals surface area contributed by atoms with Crippen molar-refractivity contribution in [3.63, 3.8) is 0 Å². The van der Waals surface area contributed by atoms with Crippen molar-refractivity contribution in [2.75, 3.05) is 18.4 Å². The van der Waals surface area contributed by atoms with Crippen molar-refractivity contribution >= 4 is 11.7 Å². The minimum Gasteiger partial charge on any atom is -0.367 e. The van der Waals surface area contributed by atoms with Crippen molar-refractivity contribution in [3.8, 4) is 0 Å². The number of carbonyl (C=O) groups excluding carboxylic acids is 1. The van der Waals surface area contributed by atoms with Gasteiger partial charge in [-0.15, -0.1) is 0 Å². The number of hydrogen-bond acceptors (Lipinski definition) is 4. The average molecular weight is 234 g/mol. The van der Waals surface area contributed by atoms with E-state index in [-0.39, 0.29) is 0 Å². The minimum atomic E-state index is -0.436. The number of nitrogens with zero attached hydrogens (tertiary/aromatic N) is 1. The normalized spacial score (nSPS) is 16.8. The van der Waals surface area contributed by atoms with E-state index in [0.29, 0.717) is 17.4 Å². The number of piperidine rings is 1. The molecule has 1 aliphatic heterocycles. The van der Waals surface area contributed by atoms with E-state index in [0.717, 1.165) is 31.6 Å². The molecule has 1 aromatic rings. The lowest BCUT2D eigenvalue weighted by Crippen LogP contribution is -2.36. The second-order valence-electron chi connectivity index (χ2n) is 4.38. The van der Waals surface area contributed by atoms with Crippen molar-refractivity contribution in [1.82, 2.24) is 10.3 Å². The van der Waals surface area contributed by atoms with Crippen LogP contribution in [0.1, 0.15) is 28.9 Å². The van der Waals surface area contributed by atoms with E-state index in [9.17, 15) is 4.79 Å². The van der Waals surface area contributed by atoms with Crippen LogP contribution in [0.4, 0.5) is 5.82 Å². The smallest absolute Gasteiger partial charge is 0.252 e. The minimum absolute atomic E-state index is 0.364. The van der Waals surface area contributed by atoms with Gasteiger partial charge in [0.15, 0.2) is 0 Å². The van der Waals surface area contributed by atoms with Gasteiger partial charge in [0, 0.05) is 11.7 Å². The first-order valence-corrected chi connectivity index (χ1v) is 5.91. The molecule has 0 aromatic carbocycles. The van der Waals surface area contributed by atoms with Gasteiger partial charge in [0.05, 0.1) is 5.56 Å². The van der Waals surface area contributed by atoms with Gasteiger partial charge in [0.2, 0.25) is 0 Å². The third kappa shape index (κ3) is 2.94. The van der Waals surface area contributed by atoms with Crippen molar-refractivity contribution in [2.45, 2.75) is 25.8 Å². The van der Waals surface area contributed by atoms with E-state index in [1.165, 1.54) is 0 Å². The van der Waals surface area contributed by atoms with Gasteiger partial charge in [-0.1, -0.05) is 0 Å². The fourth-order valence-electron chi connectivity index (χ4n) is 2.03. The molecule has 1 fully saturated rings. The molecule has 0 atom stereocenters. The number of pyridine rings is 1. The molecule has 1 aliphatic rings. The number of primary amides is 1. The van der Waals surface area contributed by atoms with Gasteiger partial charge < -0.3 is 16.4 Å². The van der Waals surface area contributed by atoms with Gasteiger partial charge >= 0.3 is 0 Å². The zero-order valence-electron chi connectivity index (χ0n) is 9.99. The lowest BCUT2D eigenvalue weighted by Gasteiger charge is -2.25. The third-order valence-electron chi connectivity index (χ3n) is 2.98. The summed E-state index contributed by atoms with van der Waals surface area (Å²) in [6, 6.07) is 3.89. The SMILES string of the molecule is Cc1ccc(C(N)=O)c(NC2CCNCC2)n1. The molecular formula is C12H18N4O. The quantitative estimate of drug-likeness (QED) is 0.717. The van der Waals surface area contributed by atoms with Gasteiger partial charge in [-0.25, -0.2) is 4.98 Å². The molecule has 1 saturated heterocycles. The number of carbonyl (C=O) groups is 1. The fourth-order valence-corrected chi connectivity index (χ4v) is 2.03. The summed E-state index contributed by atoms with van der Waals surface area (Å²) in [7, 11) is 0. The highest BCUT2D eigenvalue weighted by Gasteiger charge is 2.16. The number of amides is 1. The molecule has 0 aliphatic carbocycles. The van der Waals surface area contributed by atoms with Gasteiger partial charge in [0.25, 0.3) is 5.91 Å². The summed E-state index contributed by atoms with van der Waals surface area (Å²) in [5.41, 5.74) is 6.69. The number of rotatable bonds is 3. The van der Waals surface area contributed by atoms with E-state index >= 15 is 0 Å². The maximum atomic E-state index is 11.3. The standard InChI is InChI=1S/C12H18N4O/c1-8-2-3-10(11(13)17)12(15-8)16-9-4-6-14-7-5-9/h2-3,9,14H,4-7H2,1H3,(H2,13,17)(H,15,16). The van der Waals surface area contributed by atoms with E-state index in [1.807, 2.05) is 6.92 Å². The molecule has 2 rings (SSSR count). The predicted octanol–water partition coefficient (Wildman–Crippen LogP) is 0.653. The zero-order chi connectivity index (χ0) is 12.3. The summed E-state index contributed by atoms with van der Waals surface area (Å²) < 4.78 is 0. The largest absolute Gasteiger partial charge is 0.367 e. The molecule has 4 N–H and O–H groups in total. The summed E-state index contributed by atoms with van der Waals surface area (Å²) in [4.78, 5) is 15.7. The molecule has 17 heavy (non-hydrogen) atoms. The highest BCUT2D eigenvalue weighted by molar-refractivity contribution is 5.97. The van der Waals surface area contributed by atoms with Crippen LogP contribution >= 0.6 is 0 Å². The van der Waals surface area contributed by atoms with Crippen molar-refractivity contribution in [3.05, 3.63) is 23.4 Å². The molecule has 0 bridgehead atoms. The highest BCUT2D eigenvalue weighted by atomic mass is 16.1. The topological polar surface area (TPSA) is 80.0 Å². The molecule has 5 heteroatoms. The van der Waals surface area contributed by atoms with Crippen LogP contribution in [0.3, 0.4) is 0 Å². The summed E-state index contributed by atoms with van der Waals surface area (Å²) >= 11 is 0. The Morgan fingerprint density at radius 2 is 2.18 bits per heavy atom. The Morgan fingerprint density at radius 3 is 2.82 bits per heavy atom. The van der Waals surface area contributed by atoms with E-state index in [2.05, 4.69) is 15.6 Å². The lowest BCUT2D eigenvalue weighted by molar-refractivity contribution is 0.100. The first-order valence-electron chi connectivity index (χ1n) is 5.91. The Labute approximate surface area is 101 Å². The van der Waals surface area contributed by atoms with Crippen LogP contribution in [0.2, 0.25) is 0 Å². The van der Waals surface area contributed by atoms with Gasteiger partial charge in [-0.3, -0.25) is 4.79 Å². The number of aryl methyl sites for hydroxylation is 1. The maximum absolute atomic E-state index is 11.3. The number of nitrogens with two attached hydrogens (primary N) is 1. The fraction of sp³-hybridized carbons (Fsp3) is 0.500. The predicted molar refractivity (Wildman–Crippen MR) is 67.0 cm³/mol. The number of anilines is 1. The van der Waals surface area contributed by atoms with E-state index < -0.39 is 5.91 Å². The van der Waals surface area contributed by atoms with Crippen LogP contribution in [-0.4, -0.2) is 30.0 Å². The van der Waals surface area contributed by atoms with Crippen LogP contribution in [0.15, 0.2) is 12.1 Å². The Hall–Kier alpha value is -1.62. The molecule has 0 spiro atoms. The van der Waals surface area contributed by atoms with Crippen LogP contribution in [0.25, 0.3) is 0 Å². The summed E-state index contributed by atoms with van der Waals surface area (Å²) in [6.07, 6.45) is 2.07. The maximum Gasteiger partial charge on any atom is 0.252 e. The average Bonchev–Trinajstić information content (AvgIpc) is 2.30. The van der Waals surface area contributed by atoms with Crippen molar-refractivity contribution in [2.24, 2.45) is 5.73 Å². The molecule has 5 nitrogen and oxygen atoms in total. The van der Waals surface area contributed by atoms with Crippen molar-refractivity contribution in [1.29, 1.82) is 0 Å². The molecule has 0 radical (unpaired) electrons. The molecule has 0 saturated carbocycles. The third-order valence-corrected chi connectivity index (χ3v) is 2.98. The molecule has 1 amide bonds. The monoisotopic (exact) mass is 234 g/mol. The first-order chi connectivity index (χ1) is 8.16. The lowest BCUT2D eigenvalue weighted by atomic mass is 10.1. The second kappa shape index (κ2) is 5.14. The van der Waals surface area contributed by atoms with Gasteiger partial charge in [-0.05, 0) is 45.0 Å². The Morgan fingerprint density at radius 1 is 1.47 bits per heavy atom. The Balaban J connectivity index is 2.17. The molecule has 2 heterocycles. The molecule has 92 valence electrons. The summed E-state index contributed by atoms with van der Waals surface area (Å²) in [5.74, 6) is 0.179. The summed E-state index contributed by atoms with van der Waals surface area (Å²) in [6.45, 7) is 3.89. The molecule has 1 aromatic heterocycles. The Kier molecular flexibility index (Phi) is 3.58. The van der Waals surface area contributed by atoms with E-state index in [4.69, 9.17) is 5.73 Å². The number of aromatic nitrogens is 1. The van der Waals surface area contributed by atoms with Gasteiger partial charge in [-0.2, -0.15) is 0 Å². The highest BCUT2D eigenvalue weighted by Crippen LogP contribution is 2.16. The number of hydrogen-bond donors (Lipinski definition) is 3. The summed E-state index contributed by atoms with van der Waals surface area (Å²) in [5, 5.41) is 6.62. The van der Waals surface area contributed by atoms with Crippen molar-refractivity contribution < 1.29 is 4.79 Å². The van der Waals surface area contributed by atoms with Crippen LogP contribution in [0.5, 0.6) is 0 Å². The van der Waals surface area contributed by atoms with E-state index in [1.54, 1.807) is 12.1 Å². The van der Waals surface area contributed by atoms with Gasteiger partial charge in [0.1, 0.15) is 5.82 Å². The number of nitrogens with one attached hydrogen (secondary N) is 2. The zero-order valence-corrected chi connectivity index (χ0v) is 9.99. The Bertz CT molecular complexity index is 413. The molecular weight excluding hydrogens is 216 g/mol. The van der Waals surface area contributed by atoms with Crippen LogP contribution < -0.4 is 16.4 Å². The van der Waals surface area contributed by atoms with Crippen LogP contribution in [0, 0.1) is 6.92 Å².